The number of nitrogens with one attached hydrogen (secondary N) is 2. The number of thiazole rings is 1. The zero-order chi connectivity index (χ0) is 18.4. The minimum Gasteiger partial charge on any atom is -0.320 e. The van der Waals surface area contributed by atoms with E-state index in [1.807, 2.05) is 12.1 Å². The van der Waals surface area contributed by atoms with Crippen molar-refractivity contribution in [2.24, 2.45) is 0 Å². The molecule has 0 aliphatic rings. The Kier molecular flexibility index (Phi) is 5.47. The van der Waals surface area contributed by atoms with Crippen LogP contribution in [0.25, 0.3) is 16.6 Å². The molecule has 3 aromatic rings. The van der Waals surface area contributed by atoms with Gasteiger partial charge in [0.2, 0.25) is 0 Å². The smallest absolute Gasteiger partial charge is 0.275 e. The summed E-state index contributed by atoms with van der Waals surface area (Å²) in [6.07, 6.45) is 6.01. The summed E-state index contributed by atoms with van der Waals surface area (Å²) in [5.74, 6) is -1.02. The quantitative estimate of drug-likeness (QED) is 0.366. The highest BCUT2D eigenvalue weighted by atomic mass is 32.1. The SMILES string of the molecule is O=C(C=Cc1ccccc1NC(=O)c1csc(-c2cccnc2)n1)NO. The molecule has 130 valence electrons. The Morgan fingerprint density at radius 3 is 2.77 bits per heavy atom. The molecule has 1 aromatic carbocycles. The lowest BCUT2D eigenvalue weighted by Crippen LogP contribution is -2.15. The van der Waals surface area contributed by atoms with Gasteiger partial charge in [-0.25, -0.2) is 10.5 Å². The molecule has 0 unspecified atom stereocenters. The van der Waals surface area contributed by atoms with Crippen LogP contribution < -0.4 is 10.8 Å². The van der Waals surface area contributed by atoms with Gasteiger partial charge in [-0.2, -0.15) is 0 Å². The molecule has 0 radical (unpaired) electrons. The molecule has 0 aliphatic heterocycles. The van der Waals surface area contributed by atoms with Crippen molar-refractivity contribution in [1.29, 1.82) is 0 Å². The van der Waals surface area contributed by atoms with Crippen molar-refractivity contribution >= 4 is 34.9 Å². The van der Waals surface area contributed by atoms with Gasteiger partial charge in [-0.3, -0.25) is 19.8 Å². The normalized spacial score (nSPS) is 10.7. The van der Waals surface area contributed by atoms with E-state index < -0.39 is 5.91 Å². The largest absolute Gasteiger partial charge is 0.320 e. The highest BCUT2D eigenvalue weighted by molar-refractivity contribution is 7.13. The fourth-order valence-electron chi connectivity index (χ4n) is 2.15. The van der Waals surface area contributed by atoms with E-state index in [0.29, 0.717) is 22.0 Å². The third kappa shape index (κ3) is 4.18. The van der Waals surface area contributed by atoms with Crippen molar-refractivity contribution in [3.8, 4) is 10.6 Å². The van der Waals surface area contributed by atoms with E-state index in [1.165, 1.54) is 22.9 Å². The number of amides is 2. The van der Waals surface area contributed by atoms with Crippen LogP contribution in [0.2, 0.25) is 0 Å². The highest BCUT2D eigenvalue weighted by Crippen LogP contribution is 2.24. The summed E-state index contributed by atoms with van der Waals surface area (Å²) in [6, 6.07) is 10.7. The van der Waals surface area contributed by atoms with Crippen molar-refractivity contribution < 1.29 is 14.8 Å². The molecule has 0 bridgehead atoms. The van der Waals surface area contributed by atoms with Gasteiger partial charge in [-0.15, -0.1) is 11.3 Å². The summed E-state index contributed by atoms with van der Waals surface area (Å²) in [4.78, 5) is 32.0. The predicted octanol–water partition coefficient (Wildman–Crippen LogP) is 2.98. The number of hydrogen-bond donors (Lipinski definition) is 3. The number of pyridine rings is 1. The molecule has 2 aromatic heterocycles. The molecule has 0 saturated heterocycles. The maximum atomic E-state index is 12.5. The third-order valence-corrected chi connectivity index (χ3v) is 4.27. The number of hydroxylamine groups is 1. The monoisotopic (exact) mass is 366 g/mol. The summed E-state index contributed by atoms with van der Waals surface area (Å²) >= 11 is 1.36. The van der Waals surface area contributed by atoms with Gasteiger partial charge >= 0.3 is 0 Å². The molecule has 2 amide bonds. The molecule has 0 atom stereocenters. The molecule has 2 heterocycles. The van der Waals surface area contributed by atoms with Gasteiger partial charge in [0.05, 0.1) is 0 Å². The van der Waals surface area contributed by atoms with Gasteiger partial charge in [0.1, 0.15) is 10.7 Å². The Labute approximate surface area is 153 Å². The zero-order valence-corrected chi connectivity index (χ0v) is 14.2. The Bertz CT molecular complexity index is 954. The van der Waals surface area contributed by atoms with E-state index in [9.17, 15) is 9.59 Å². The van der Waals surface area contributed by atoms with Gasteiger partial charge in [0, 0.05) is 35.1 Å². The zero-order valence-electron chi connectivity index (χ0n) is 13.4. The number of benzene rings is 1. The van der Waals surface area contributed by atoms with Crippen LogP contribution in [0.1, 0.15) is 16.1 Å². The molecular formula is C18H14N4O3S. The third-order valence-electron chi connectivity index (χ3n) is 3.38. The summed E-state index contributed by atoms with van der Waals surface area (Å²) in [7, 11) is 0. The second kappa shape index (κ2) is 8.15. The standard InChI is InChI=1S/C18H14N4O3S/c23-16(22-25)8-7-12-4-1-2-6-14(12)20-17(24)15-11-26-18(21-15)13-5-3-9-19-10-13/h1-11,25H,(H,20,24)(H,22,23). The van der Waals surface area contributed by atoms with E-state index in [-0.39, 0.29) is 5.91 Å². The number of aromatic nitrogens is 2. The molecule has 0 fully saturated rings. The maximum Gasteiger partial charge on any atom is 0.275 e. The van der Waals surface area contributed by atoms with Crippen molar-refractivity contribution in [2.45, 2.75) is 0 Å². The van der Waals surface area contributed by atoms with E-state index in [0.717, 1.165) is 11.6 Å². The highest BCUT2D eigenvalue weighted by Gasteiger charge is 2.13. The first-order chi connectivity index (χ1) is 12.7. The molecule has 26 heavy (non-hydrogen) atoms. The van der Waals surface area contributed by atoms with Gasteiger partial charge in [-0.05, 0) is 29.8 Å². The average molecular weight is 366 g/mol. The van der Waals surface area contributed by atoms with Crippen LogP contribution in [0.4, 0.5) is 5.69 Å². The van der Waals surface area contributed by atoms with Crippen molar-refractivity contribution in [3.05, 3.63) is 71.5 Å². The van der Waals surface area contributed by atoms with Crippen LogP contribution in [0.5, 0.6) is 0 Å². The number of hydrogen-bond acceptors (Lipinski definition) is 6. The summed E-state index contributed by atoms with van der Waals surface area (Å²) in [5, 5.41) is 13.7. The number of carbonyl (C=O) groups is 2. The lowest BCUT2D eigenvalue weighted by atomic mass is 10.1. The van der Waals surface area contributed by atoms with Gasteiger partial charge in [0.25, 0.3) is 11.8 Å². The van der Waals surface area contributed by atoms with Crippen LogP contribution in [-0.4, -0.2) is 27.0 Å². The Hall–Kier alpha value is -3.36. The van der Waals surface area contributed by atoms with Gasteiger partial charge in [-0.1, -0.05) is 18.2 Å². The van der Waals surface area contributed by atoms with Crippen LogP contribution in [0, 0.1) is 0 Å². The van der Waals surface area contributed by atoms with Crippen molar-refractivity contribution in [3.63, 3.8) is 0 Å². The van der Waals surface area contributed by atoms with E-state index >= 15 is 0 Å². The second-order valence-corrected chi connectivity index (χ2v) is 5.99. The molecule has 0 spiro atoms. The fraction of sp³-hybridized carbons (Fsp3) is 0. The molecule has 0 aliphatic carbocycles. The summed E-state index contributed by atoms with van der Waals surface area (Å²) < 4.78 is 0. The van der Waals surface area contributed by atoms with Crippen molar-refractivity contribution in [1.82, 2.24) is 15.4 Å². The first-order valence-corrected chi connectivity index (χ1v) is 8.44. The molecule has 0 saturated carbocycles. The first kappa shape index (κ1) is 17.5. The topological polar surface area (TPSA) is 104 Å². The van der Waals surface area contributed by atoms with E-state index in [1.54, 1.807) is 42.0 Å². The number of nitrogens with zero attached hydrogens (tertiary/aromatic N) is 2. The van der Waals surface area contributed by atoms with Crippen molar-refractivity contribution in [2.75, 3.05) is 5.32 Å². The van der Waals surface area contributed by atoms with Crippen LogP contribution in [0.15, 0.2) is 60.2 Å². The summed E-state index contributed by atoms with van der Waals surface area (Å²) in [5.41, 5.74) is 3.79. The lowest BCUT2D eigenvalue weighted by molar-refractivity contribution is -0.124. The Morgan fingerprint density at radius 2 is 2.00 bits per heavy atom. The van der Waals surface area contributed by atoms with Gasteiger partial charge in [0.15, 0.2) is 0 Å². The Balaban J connectivity index is 1.78. The Morgan fingerprint density at radius 1 is 1.15 bits per heavy atom. The van der Waals surface area contributed by atoms with E-state index in [4.69, 9.17) is 5.21 Å². The number of rotatable bonds is 5. The molecule has 8 heteroatoms. The minimum atomic E-state index is -0.660. The molecule has 3 N–H and O–H groups in total. The molecule has 3 rings (SSSR count). The second-order valence-electron chi connectivity index (χ2n) is 5.13. The van der Waals surface area contributed by atoms with Gasteiger partial charge < -0.3 is 5.32 Å². The number of anilines is 1. The predicted molar refractivity (Wildman–Crippen MR) is 98.7 cm³/mol. The first-order valence-electron chi connectivity index (χ1n) is 7.56. The average Bonchev–Trinajstić information content (AvgIpc) is 3.18. The van der Waals surface area contributed by atoms with Crippen LogP contribution in [-0.2, 0) is 4.79 Å². The molecule has 7 nitrogen and oxygen atoms in total. The molecular weight excluding hydrogens is 352 g/mol. The summed E-state index contributed by atoms with van der Waals surface area (Å²) in [6.45, 7) is 0. The van der Waals surface area contributed by atoms with E-state index in [2.05, 4.69) is 15.3 Å². The minimum absolute atomic E-state index is 0.292. The number of para-hydroxylation sites is 1. The fourth-order valence-corrected chi connectivity index (χ4v) is 2.94. The van der Waals surface area contributed by atoms with Crippen LogP contribution >= 0.6 is 11.3 Å². The van der Waals surface area contributed by atoms with Crippen LogP contribution in [0.3, 0.4) is 0 Å². The number of carbonyl (C=O) groups excluding carboxylic acids is 2. The lowest BCUT2D eigenvalue weighted by Gasteiger charge is -2.07. The maximum absolute atomic E-state index is 12.5.